The predicted octanol–water partition coefficient (Wildman–Crippen LogP) is 1.16. The van der Waals surface area contributed by atoms with Crippen molar-refractivity contribution in [3.63, 3.8) is 0 Å². The maximum atomic E-state index is 8.91. The lowest BCUT2D eigenvalue weighted by Gasteiger charge is -2.20. The van der Waals surface area contributed by atoms with Gasteiger partial charge in [0.2, 0.25) is 0 Å². The van der Waals surface area contributed by atoms with Gasteiger partial charge in [0.25, 0.3) is 0 Å². The molecule has 0 radical (unpaired) electrons. The molecule has 0 aromatic carbocycles. The fourth-order valence-corrected chi connectivity index (χ4v) is 1.27. The summed E-state index contributed by atoms with van der Waals surface area (Å²) < 4.78 is 2.02. The van der Waals surface area contributed by atoms with Crippen LogP contribution in [-0.4, -0.2) is 22.1 Å². The normalized spacial score (nSPS) is 14.6. The second kappa shape index (κ2) is 4.77. The molecule has 0 amide bonds. The summed E-state index contributed by atoms with van der Waals surface area (Å²) in [5.41, 5.74) is -0.402. The van der Waals surface area contributed by atoms with Crippen molar-refractivity contribution in [3.8, 4) is 6.07 Å². The Morgan fingerprint density at radius 2 is 2.43 bits per heavy atom. The molecule has 0 spiro atoms. The Morgan fingerprint density at radius 1 is 1.64 bits per heavy atom. The summed E-state index contributed by atoms with van der Waals surface area (Å²) in [4.78, 5) is 3.96. The van der Waals surface area contributed by atoms with Gasteiger partial charge in [0, 0.05) is 18.9 Å². The summed E-state index contributed by atoms with van der Waals surface area (Å²) in [6, 6.07) is 2.27. The maximum Gasteiger partial charge on any atom is 0.103 e. The van der Waals surface area contributed by atoms with Gasteiger partial charge in [-0.15, -0.1) is 0 Å². The van der Waals surface area contributed by atoms with E-state index >= 15 is 0 Å². The van der Waals surface area contributed by atoms with E-state index in [4.69, 9.17) is 5.26 Å². The Balaban J connectivity index is 2.31. The number of hydrogen-bond donors (Lipinski definition) is 1. The van der Waals surface area contributed by atoms with Crippen molar-refractivity contribution in [3.05, 3.63) is 18.7 Å². The summed E-state index contributed by atoms with van der Waals surface area (Å²) in [6.45, 7) is 2.83. The molecular formula is C10H16N4. The molecular weight excluding hydrogens is 176 g/mol. The van der Waals surface area contributed by atoms with Crippen molar-refractivity contribution in [2.75, 3.05) is 7.05 Å². The standard InChI is InChI=1S/C10H16N4/c1-10(8-11,12-2)4-3-6-14-7-5-13-9-14/h5,7,9,12H,3-4,6H2,1-2H3. The van der Waals surface area contributed by atoms with E-state index in [1.165, 1.54) is 0 Å². The van der Waals surface area contributed by atoms with Gasteiger partial charge >= 0.3 is 0 Å². The molecule has 4 nitrogen and oxygen atoms in total. The molecule has 1 aromatic heterocycles. The molecule has 4 heteroatoms. The van der Waals surface area contributed by atoms with Crippen molar-refractivity contribution >= 4 is 0 Å². The number of imidazole rings is 1. The molecule has 1 aromatic rings. The van der Waals surface area contributed by atoms with Gasteiger partial charge in [-0.05, 0) is 26.8 Å². The smallest absolute Gasteiger partial charge is 0.103 e. The third-order valence-corrected chi connectivity index (χ3v) is 2.45. The van der Waals surface area contributed by atoms with E-state index in [9.17, 15) is 0 Å². The summed E-state index contributed by atoms with van der Waals surface area (Å²) in [5.74, 6) is 0. The molecule has 14 heavy (non-hydrogen) atoms. The van der Waals surface area contributed by atoms with E-state index in [0.29, 0.717) is 0 Å². The minimum atomic E-state index is -0.402. The topological polar surface area (TPSA) is 53.6 Å². The van der Waals surface area contributed by atoms with Crippen molar-refractivity contribution in [1.82, 2.24) is 14.9 Å². The van der Waals surface area contributed by atoms with Crippen LogP contribution in [0.25, 0.3) is 0 Å². The first-order valence-corrected chi connectivity index (χ1v) is 4.76. The summed E-state index contributed by atoms with van der Waals surface area (Å²) in [5, 5.41) is 11.9. The molecule has 1 heterocycles. The monoisotopic (exact) mass is 192 g/mol. The zero-order valence-corrected chi connectivity index (χ0v) is 8.70. The summed E-state index contributed by atoms with van der Waals surface area (Å²) in [6.07, 6.45) is 7.31. The quantitative estimate of drug-likeness (QED) is 0.761. The lowest BCUT2D eigenvalue weighted by Crippen LogP contribution is -2.38. The molecule has 0 aliphatic rings. The Morgan fingerprint density at radius 3 is 2.93 bits per heavy atom. The molecule has 1 unspecified atom stereocenters. The molecule has 0 aliphatic heterocycles. The lowest BCUT2D eigenvalue weighted by atomic mass is 9.98. The SMILES string of the molecule is CNC(C)(C#N)CCCn1ccnc1. The van der Waals surface area contributed by atoms with Crippen LogP contribution < -0.4 is 5.32 Å². The highest BCUT2D eigenvalue weighted by Gasteiger charge is 2.19. The van der Waals surface area contributed by atoms with E-state index in [1.807, 2.05) is 24.7 Å². The van der Waals surface area contributed by atoms with Crippen molar-refractivity contribution in [1.29, 1.82) is 5.26 Å². The number of nitrogens with zero attached hydrogens (tertiary/aromatic N) is 3. The lowest BCUT2D eigenvalue weighted by molar-refractivity contribution is 0.423. The van der Waals surface area contributed by atoms with E-state index in [2.05, 4.69) is 16.4 Å². The predicted molar refractivity (Wildman–Crippen MR) is 54.5 cm³/mol. The second-order valence-corrected chi connectivity index (χ2v) is 3.60. The highest BCUT2D eigenvalue weighted by Crippen LogP contribution is 2.10. The average Bonchev–Trinajstić information content (AvgIpc) is 2.70. The van der Waals surface area contributed by atoms with Crippen LogP contribution in [0.5, 0.6) is 0 Å². The van der Waals surface area contributed by atoms with Crippen LogP contribution in [-0.2, 0) is 6.54 Å². The molecule has 0 fully saturated rings. The molecule has 0 saturated carbocycles. The van der Waals surface area contributed by atoms with Crippen molar-refractivity contribution in [2.45, 2.75) is 31.8 Å². The third kappa shape index (κ3) is 2.86. The van der Waals surface area contributed by atoms with Gasteiger partial charge in [-0.25, -0.2) is 4.98 Å². The van der Waals surface area contributed by atoms with Crippen LogP contribution in [0.2, 0.25) is 0 Å². The first kappa shape index (κ1) is 10.7. The number of rotatable bonds is 5. The fourth-order valence-electron chi connectivity index (χ4n) is 1.27. The van der Waals surface area contributed by atoms with Gasteiger partial charge in [-0.1, -0.05) is 0 Å². The Labute approximate surface area is 84.6 Å². The maximum absolute atomic E-state index is 8.91. The Bertz CT molecular complexity index is 298. The minimum Gasteiger partial charge on any atom is -0.337 e. The van der Waals surface area contributed by atoms with Gasteiger partial charge in [-0.2, -0.15) is 5.26 Å². The van der Waals surface area contributed by atoms with E-state index in [-0.39, 0.29) is 0 Å². The number of aryl methyl sites for hydroxylation is 1. The van der Waals surface area contributed by atoms with Crippen LogP contribution in [0.4, 0.5) is 0 Å². The number of aromatic nitrogens is 2. The molecule has 0 saturated heterocycles. The van der Waals surface area contributed by atoms with Crippen LogP contribution >= 0.6 is 0 Å². The van der Waals surface area contributed by atoms with Gasteiger partial charge in [0.15, 0.2) is 0 Å². The number of hydrogen-bond acceptors (Lipinski definition) is 3. The van der Waals surface area contributed by atoms with Crippen molar-refractivity contribution < 1.29 is 0 Å². The van der Waals surface area contributed by atoms with Gasteiger partial charge in [0.05, 0.1) is 12.4 Å². The average molecular weight is 192 g/mol. The zero-order valence-electron chi connectivity index (χ0n) is 8.70. The molecule has 1 N–H and O–H groups in total. The summed E-state index contributed by atoms with van der Waals surface area (Å²) >= 11 is 0. The molecule has 0 bridgehead atoms. The fraction of sp³-hybridized carbons (Fsp3) is 0.600. The Kier molecular flexibility index (Phi) is 3.66. The van der Waals surface area contributed by atoms with Crippen LogP contribution in [0.15, 0.2) is 18.7 Å². The highest BCUT2D eigenvalue weighted by atomic mass is 15.0. The largest absolute Gasteiger partial charge is 0.337 e. The highest BCUT2D eigenvalue weighted by molar-refractivity contribution is 5.02. The minimum absolute atomic E-state index is 0.402. The molecule has 1 atom stereocenters. The zero-order chi connectivity index (χ0) is 10.4. The van der Waals surface area contributed by atoms with Crippen molar-refractivity contribution in [2.24, 2.45) is 0 Å². The molecule has 0 aliphatic carbocycles. The molecule has 76 valence electrons. The number of nitriles is 1. The molecule has 1 rings (SSSR count). The first-order valence-electron chi connectivity index (χ1n) is 4.76. The first-order chi connectivity index (χ1) is 6.70. The van der Waals surface area contributed by atoms with Gasteiger partial charge < -0.3 is 9.88 Å². The Hall–Kier alpha value is -1.34. The van der Waals surface area contributed by atoms with Crippen LogP contribution in [0, 0.1) is 11.3 Å². The summed E-state index contributed by atoms with van der Waals surface area (Å²) in [7, 11) is 1.82. The van der Waals surface area contributed by atoms with E-state index in [0.717, 1.165) is 19.4 Å². The number of nitrogens with one attached hydrogen (secondary N) is 1. The van der Waals surface area contributed by atoms with Gasteiger partial charge in [0.1, 0.15) is 5.54 Å². The van der Waals surface area contributed by atoms with Crippen LogP contribution in [0.1, 0.15) is 19.8 Å². The second-order valence-electron chi connectivity index (χ2n) is 3.60. The van der Waals surface area contributed by atoms with E-state index < -0.39 is 5.54 Å². The third-order valence-electron chi connectivity index (χ3n) is 2.45. The van der Waals surface area contributed by atoms with Crippen LogP contribution in [0.3, 0.4) is 0 Å². The van der Waals surface area contributed by atoms with E-state index in [1.54, 1.807) is 12.5 Å². The van der Waals surface area contributed by atoms with Gasteiger partial charge in [-0.3, -0.25) is 0 Å².